The topological polar surface area (TPSA) is 26.7 Å². The number of piperazine rings is 1. The summed E-state index contributed by atoms with van der Waals surface area (Å²) in [6, 6.07) is 0. The van der Waals surface area contributed by atoms with E-state index in [1.165, 1.54) is 58.4 Å². The Morgan fingerprint density at radius 2 is 1.68 bits per heavy atom. The Kier molecular flexibility index (Phi) is 7.33. The predicted molar refractivity (Wildman–Crippen MR) is 82.4 cm³/mol. The van der Waals surface area contributed by atoms with Crippen LogP contribution in [0.3, 0.4) is 0 Å². The van der Waals surface area contributed by atoms with E-state index >= 15 is 0 Å². The first-order chi connectivity index (χ1) is 8.90. The summed E-state index contributed by atoms with van der Waals surface area (Å²) in [5.74, 6) is 0.506. The second kappa shape index (κ2) is 8.23. The van der Waals surface area contributed by atoms with Crippen LogP contribution in [0.5, 0.6) is 0 Å². The van der Waals surface area contributed by atoms with Gasteiger partial charge in [0.05, 0.1) is 0 Å². The van der Waals surface area contributed by atoms with Crippen LogP contribution in [0.2, 0.25) is 0 Å². The molecule has 0 bridgehead atoms. The predicted octanol–water partition coefficient (Wildman–Crippen LogP) is 2.45. The van der Waals surface area contributed by atoms with Gasteiger partial charge in [-0.2, -0.15) is 0 Å². The van der Waals surface area contributed by atoms with Gasteiger partial charge >= 0.3 is 0 Å². The van der Waals surface area contributed by atoms with Gasteiger partial charge in [-0.15, -0.1) is 0 Å². The molecule has 0 spiro atoms. The van der Waals surface area contributed by atoms with Crippen LogP contribution in [-0.4, -0.2) is 61.3 Å². The number of hydrogen-bond acceptors (Lipinski definition) is 3. The Morgan fingerprint density at radius 3 is 2.21 bits per heavy atom. The average molecular weight is 270 g/mol. The normalized spacial score (nSPS) is 20.7. The minimum absolute atomic E-state index is 0.360. The van der Waals surface area contributed by atoms with E-state index in [0.29, 0.717) is 17.9 Å². The van der Waals surface area contributed by atoms with Gasteiger partial charge in [0.1, 0.15) is 0 Å². The second-order valence-corrected chi connectivity index (χ2v) is 7.44. The van der Waals surface area contributed by atoms with Crippen molar-refractivity contribution >= 4 is 0 Å². The van der Waals surface area contributed by atoms with Gasteiger partial charge in [-0.25, -0.2) is 0 Å². The molecule has 3 heteroatoms. The molecule has 0 amide bonds. The maximum absolute atomic E-state index is 9.47. The maximum Gasteiger partial charge on any atom is 0.0459 e. The molecule has 0 aliphatic carbocycles. The fourth-order valence-electron chi connectivity index (χ4n) is 2.64. The number of hydrogen-bond donors (Lipinski definition) is 1. The molecule has 0 aromatic carbocycles. The Morgan fingerprint density at radius 1 is 1.05 bits per heavy atom. The molecular formula is C16H34N2O. The van der Waals surface area contributed by atoms with Crippen molar-refractivity contribution in [3.8, 4) is 0 Å². The van der Waals surface area contributed by atoms with Gasteiger partial charge in [-0.05, 0) is 50.6 Å². The fraction of sp³-hybridized carbons (Fsp3) is 1.00. The highest BCUT2D eigenvalue weighted by molar-refractivity contribution is 4.71. The molecule has 0 aromatic heterocycles. The van der Waals surface area contributed by atoms with E-state index in [-0.39, 0.29) is 0 Å². The second-order valence-electron chi connectivity index (χ2n) is 7.44. The molecule has 0 radical (unpaired) electrons. The molecule has 3 nitrogen and oxygen atoms in total. The lowest BCUT2D eigenvalue weighted by molar-refractivity contribution is 0.143. The van der Waals surface area contributed by atoms with Crippen molar-refractivity contribution in [2.45, 2.75) is 46.5 Å². The van der Waals surface area contributed by atoms with Gasteiger partial charge in [0.2, 0.25) is 0 Å². The monoisotopic (exact) mass is 270 g/mol. The van der Waals surface area contributed by atoms with E-state index in [9.17, 15) is 5.11 Å². The molecular weight excluding hydrogens is 236 g/mol. The average Bonchev–Trinajstić information content (AvgIpc) is 2.34. The summed E-state index contributed by atoms with van der Waals surface area (Å²) in [7, 11) is 2.20. The van der Waals surface area contributed by atoms with Crippen molar-refractivity contribution in [3.05, 3.63) is 0 Å². The highest BCUT2D eigenvalue weighted by Gasteiger charge is 2.16. The highest BCUT2D eigenvalue weighted by atomic mass is 16.3. The third-order valence-corrected chi connectivity index (χ3v) is 4.24. The molecule has 1 fully saturated rings. The van der Waals surface area contributed by atoms with Crippen LogP contribution < -0.4 is 0 Å². The van der Waals surface area contributed by atoms with Crippen LogP contribution in [0, 0.1) is 11.3 Å². The Bertz CT molecular complexity index is 229. The number of aliphatic hydroxyl groups excluding tert-OH is 1. The first kappa shape index (κ1) is 16.9. The lowest BCUT2D eigenvalue weighted by Crippen LogP contribution is -2.44. The molecule has 1 aliphatic heterocycles. The lowest BCUT2D eigenvalue weighted by Gasteiger charge is -2.32. The molecule has 0 aromatic rings. The summed E-state index contributed by atoms with van der Waals surface area (Å²) >= 11 is 0. The van der Waals surface area contributed by atoms with Crippen molar-refractivity contribution < 1.29 is 5.11 Å². The van der Waals surface area contributed by atoms with Gasteiger partial charge < -0.3 is 14.9 Å². The van der Waals surface area contributed by atoms with Crippen LogP contribution in [-0.2, 0) is 0 Å². The van der Waals surface area contributed by atoms with Crippen molar-refractivity contribution in [1.82, 2.24) is 9.80 Å². The van der Waals surface area contributed by atoms with Crippen molar-refractivity contribution in [1.29, 1.82) is 0 Å². The van der Waals surface area contributed by atoms with E-state index in [2.05, 4.69) is 37.6 Å². The zero-order valence-electron chi connectivity index (χ0n) is 13.5. The molecule has 19 heavy (non-hydrogen) atoms. The van der Waals surface area contributed by atoms with E-state index in [4.69, 9.17) is 0 Å². The van der Waals surface area contributed by atoms with Crippen LogP contribution in [0.15, 0.2) is 0 Å². The zero-order valence-corrected chi connectivity index (χ0v) is 13.5. The zero-order chi connectivity index (χ0) is 14.3. The maximum atomic E-state index is 9.47. The van der Waals surface area contributed by atoms with Gasteiger partial charge in [-0.1, -0.05) is 20.8 Å². The Labute approximate surface area is 120 Å². The number of rotatable bonds is 7. The highest BCUT2D eigenvalue weighted by Crippen LogP contribution is 2.25. The van der Waals surface area contributed by atoms with E-state index in [0.717, 1.165) is 0 Å². The number of aliphatic hydroxyl groups is 1. The summed E-state index contributed by atoms with van der Waals surface area (Å²) in [6.45, 7) is 13.2. The molecule has 1 atom stereocenters. The van der Waals surface area contributed by atoms with Crippen LogP contribution >= 0.6 is 0 Å². The van der Waals surface area contributed by atoms with Crippen LogP contribution in [0.25, 0.3) is 0 Å². The molecule has 1 N–H and O–H groups in total. The molecule has 1 heterocycles. The number of likely N-dealkylation sites (N-methyl/N-ethyl adjacent to an activating group) is 1. The molecule has 1 rings (SSSR count). The summed E-state index contributed by atoms with van der Waals surface area (Å²) < 4.78 is 0. The fourth-order valence-corrected chi connectivity index (χ4v) is 2.64. The van der Waals surface area contributed by atoms with Gasteiger partial charge in [0.15, 0.2) is 0 Å². The van der Waals surface area contributed by atoms with Crippen molar-refractivity contribution in [2.75, 3.05) is 46.4 Å². The SMILES string of the molecule is CN1CCN(CCC[C@@H](CO)CCC(C)(C)C)CC1. The summed E-state index contributed by atoms with van der Waals surface area (Å²) in [5.41, 5.74) is 0.394. The summed E-state index contributed by atoms with van der Waals surface area (Å²) in [4.78, 5) is 4.97. The first-order valence-electron chi connectivity index (χ1n) is 7.92. The van der Waals surface area contributed by atoms with Crippen molar-refractivity contribution in [3.63, 3.8) is 0 Å². The molecule has 114 valence electrons. The summed E-state index contributed by atoms with van der Waals surface area (Å²) in [6.07, 6.45) is 4.80. The quantitative estimate of drug-likeness (QED) is 0.770. The van der Waals surface area contributed by atoms with Crippen LogP contribution in [0.4, 0.5) is 0 Å². The Hall–Kier alpha value is -0.120. The smallest absolute Gasteiger partial charge is 0.0459 e. The Balaban J connectivity index is 2.12. The summed E-state index contributed by atoms with van der Waals surface area (Å²) in [5, 5.41) is 9.47. The first-order valence-corrected chi connectivity index (χ1v) is 7.92. The third kappa shape index (κ3) is 7.91. The number of nitrogens with zero attached hydrogens (tertiary/aromatic N) is 2. The van der Waals surface area contributed by atoms with Crippen molar-refractivity contribution in [2.24, 2.45) is 11.3 Å². The van der Waals surface area contributed by atoms with Gasteiger partial charge in [-0.3, -0.25) is 0 Å². The minimum atomic E-state index is 0.360. The third-order valence-electron chi connectivity index (χ3n) is 4.24. The van der Waals surface area contributed by atoms with E-state index < -0.39 is 0 Å². The lowest BCUT2D eigenvalue weighted by atomic mass is 9.85. The molecule has 1 aliphatic rings. The largest absolute Gasteiger partial charge is 0.396 e. The standard InChI is InChI=1S/C16H34N2O/c1-16(2,3)8-7-15(14-19)6-5-9-18-12-10-17(4)11-13-18/h15,19H,5-14H2,1-4H3/t15-/m1/s1. The van der Waals surface area contributed by atoms with E-state index in [1.807, 2.05) is 0 Å². The van der Waals surface area contributed by atoms with E-state index in [1.54, 1.807) is 0 Å². The molecule has 1 saturated heterocycles. The van der Waals surface area contributed by atoms with Gasteiger partial charge in [0, 0.05) is 32.8 Å². The minimum Gasteiger partial charge on any atom is -0.396 e. The molecule has 0 unspecified atom stereocenters. The van der Waals surface area contributed by atoms with Gasteiger partial charge in [0.25, 0.3) is 0 Å². The molecule has 0 saturated carbocycles. The van der Waals surface area contributed by atoms with Crippen LogP contribution in [0.1, 0.15) is 46.5 Å².